The summed E-state index contributed by atoms with van der Waals surface area (Å²) >= 11 is 0. The van der Waals surface area contributed by atoms with Crippen molar-refractivity contribution in [2.45, 2.75) is 13.3 Å². The maximum atomic E-state index is 9.27. The van der Waals surface area contributed by atoms with Crippen molar-refractivity contribution in [3.63, 3.8) is 0 Å². The Morgan fingerprint density at radius 1 is 1.33 bits per heavy atom. The van der Waals surface area contributed by atoms with Crippen LogP contribution in [0.15, 0.2) is 4.99 Å². The third kappa shape index (κ3) is 30.5. The van der Waals surface area contributed by atoms with Crippen molar-refractivity contribution in [2.24, 2.45) is 4.99 Å². The van der Waals surface area contributed by atoms with Crippen molar-refractivity contribution in [3.8, 4) is 0 Å². The van der Waals surface area contributed by atoms with E-state index >= 15 is 0 Å². The Morgan fingerprint density at radius 3 is 1.89 bits per heavy atom. The summed E-state index contributed by atoms with van der Waals surface area (Å²) < 4.78 is 0. The van der Waals surface area contributed by atoms with Crippen molar-refractivity contribution in [1.29, 1.82) is 0 Å². The minimum atomic E-state index is 0. The second-order valence-corrected chi connectivity index (χ2v) is 0.973. The van der Waals surface area contributed by atoms with Gasteiger partial charge in [0.15, 0.2) is 0 Å². The van der Waals surface area contributed by atoms with Gasteiger partial charge in [0.05, 0.1) is 6.54 Å². The summed E-state index contributed by atoms with van der Waals surface area (Å²) in [6, 6.07) is 0. The van der Waals surface area contributed by atoms with E-state index in [1.807, 2.05) is 6.92 Å². The topological polar surface area (TPSA) is 29.4 Å². The number of hydrogen-bond acceptors (Lipinski definition) is 2. The molecule has 0 saturated carbocycles. The molecule has 0 heterocycles. The normalized spacial score (nSPS) is 4.56. The molecule has 0 amide bonds. The predicted molar refractivity (Wildman–Crippen MR) is 45.0 cm³/mol. The third-order valence-electron chi connectivity index (χ3n) is 0.400. The Hall–Kier alpha value is 0.250. The quantitative estimate of drug-likeness (QED) is 0.488. The van der Waals surface area contributed by atoms with Crippen LogP contribution in [0, 0.1) is 0 Å². The fourth-order valence-electron chi connectivity index (χ4n) is 0.157. The molecule has 0 bridgehead atoms. The van der Waals surface area contributed by atoms with Crippen LogP contribution in [0.1, 0.15) is 13.3 Å². The molecule has 0 fully saturated rings. The van der Waals surface area contributed by atoms with E-state index in [1.165, 1.54) is 6.08 Å². The molecule has 0 N–H and O–H groups in total. The fraction of sp³-hybridized carbons (Fsp3) is 0.750. The first-order valence-electron chi connectivity index (χ1n) is 1.95. The molecule has 0 radical (unpaired) electrons. The number of hydrogen-bond donors (Lipinski definition) is 0. The lowest BCUT2D eigenvalue weighted by Gasteiger charge is -1.71. The number of halogens is 3. The zero-order chi connectivity index (χ0) is 4.83. The van der Waals surface area contributed by atoms with Gasteiger partial charge in [-0.25, -0.2) is 9.79 Å². The summed E-state index contributed by atoms with van der Waals surface area (Å²) in [6.45, 7) is 2.57. The highest BCUT2D eigenvalue weighted by Gasteiger charge is 1.66. The van der Waals surface area contributed by atoms with Gasteiger partial charge in [0, 0.05) is 0 Å². The van der Waals surface area contributed by atoms with Gasteiger partial charge in [-0.15, -0.1) is 37.2 Å². The Labute approximate surface area is 73.4 Å². The third-order valence-corrected chi connectivity index (χ3v) is 0.400. The first-order valence-corrected chi connectivity index (χ1v) is 1.95. The van der Waals surface area contributed by atoms with Crippen molar-refractivity contribution in [2.75, 3.05) is 6.54 Å². The van der Waals surface area contributed by atoms with Gasteiger partial charge in [0.1, 0.15) is 0 Å². The largest absolute Gasteiger partial charge is 0.234 e. The maximum absolute atomic E-state index is 9.27. The van der Waals surface area contributed by atoms with Crippen LogP contribution < -0.4 is 0 Å². The standard InChI is InChI=1S/C4H7NO.3ClH/c1-2-3-5-4-6;;;/h2-3H2,1H3;3*1H. The van der Waals surface area contributed by atoms with E-state index in [9.17, 15) is 4.79 Å². The molecule has 0 aromatic carbocycles. The van der Waals surface area contributed by atoms with E-state index in [1.54, 1.807) is 0 Å². The first kappa shape index (κ1) is 22.8. The van der Waals surface area contributed by atoms with E-state index in [4.69, 9.17) is 0 Å². The minimum absolute atomic E-state index is 0. The van der Waals surface area contributed by atoms with E-state index in [0.717, 1.165) is 6.42 Å². The number of carbonyl (C=O) groups excluding carboxylic acids is 1. The van der Waals surface area contributed by atoms with Gasteiger partial charge < -0.3 is 0 Å². The molecule has 0 rings (SSSR count). The van der Waals surface area contributed by atoms with Crippen LogP contribution in [-0.2, 0) is 4.79 Å². The number of aliphatic imine (C=N–C) groups is 1. The average Bonchev–Trinajstić information content (AvgIpc) is 1.61. The highest BCUT2D eigenvalue weighted by molar-refractivity contribution is 5.86. The Morgan fingerprint density at radius 2 is 1.78 bits per heavy atom. The van der Waals surface area contributed by atoms with E-state index in [0.29, 0.717) is 6.54 Å². The second kappa shape index (κ2) is 24.0. The lowest BCUT2D eigenvalue weighted by Crippen LogP contribution is -1.69. The summed E-state index contributed by atoms with van der Waals surface area (Å²) in [4.78, 5) is 12.6. The predicted octanol–water partition coefficient (Wildman–Crippen LogP) is 2.00. The smallest absolute Gasteiger partial charge is 0.211 e. The molecule has 0 aliphatic heterocycles. The zero-order valence-corrected chi connectivity index (χ0v) is 7.44. The zero-order valence-electron chi connectivity index (χ0n) is 4.99. The molecule has 0 aliphatic carbocycles. The molecule has 9 heavy (non-hydrogen) atoms. The van der Waals surface area contributed by atoms with Gasteiger partial charge in [-0.05, 0) is 6.42 Å². The fourth-order valence-corrected chi connectivity index (χ4v) is 0.157. The second-order valence-electron chi connectivity index (χ2n) is 0.973. The van der Waals surface area contributed by atoms with Crippen LogP contribution in [0.2, 0.25) is 0 Å². The summed E-state index contributed by atoms with van der Waals surface area (Å²) in [7, 11) is 0. The van der Waals surface area contributed by atoms with Gasteiger partial charge in [-0.1, -0.05) is 6.92 Å². The minimum Gasteiger partial charge on any atom is -0.211 e. The van der Waals surface area contributed by atoms with Crippen molar-refractivity contribution in [1.82, 2.24) is 0 Å². The van der Waals surface area contributed by atoms with Gasteiger partial charge in [-0.2, -0.15) is 0 Å². The van der Waals surface area contributed by atoms with Gasteiger partial charge in [0.2, 0.25) is 6.08 Å². The Bertz CT molecular complexity index is 72.2. The van der Waals surface area contributed by atoms with Crippen molar-refractivity contribution < 1.29 is 4.79 Å². The molecule has 58 valence electrons. The monoisotopic (exact) mass is 193 g/mol. The van der Waals surface area contributed by atoms with Gasteiger partial charge >= 0.3 is 0 Å². The lowest BCUT2D eigenvalue weighted by molar-refractivity contribution is 0.562. The van der Waals surface area contributed by atoms with Crippen LogP contribution in [0.3, 0.4) is 0 Å². The summed E-state index contributed by atoms with van der Waals surface area (Å²) in [6.07, 6.45) is 2.37. The number of rotatable bonds is 2. The molecule has 0 aliphatic rings. The molecule has 0 atom stereocenters. The molecular weight excluding hydrogens is 184 g/mol. The Balaban J connectivity index is -0.0000000417. The first-order chi connectivity index (χ1) is 2.91. The van der Waals surface area contributed by atoms with Gasteiger partial charge in [0.25, 0.3) is 0 Å². The maximum Gasteiger partial charge on any atom is 0.234 e. The molecule has 0 saturated heterocycles. The summed E-state index contributed by atoms with van der Waals surface area (Å²) in [5, 5.41) is 0. The molecule has 0 aromatic rings. The Kier molecular flexibility index (Phi) is 60.9. The van der Waals surface area contributed by atoms with Crippen LogP contribution in [0.5, 0.6) is 0 Å². The average molecular weight is 194 g/mol. The van der Waals surface area contributed by atoms with Crippen LogP contribution in [0.4, 0.5) is 0 Å². The summed E-state index contributed by atoms with van der Waals surface area (Å²) in [5.41, 5.74) is 0. The summed E-state index contributed by atoms with van der Waals surface area (Å²) in [5.74, 6) is 0. The van der Waals surface area contributed by atoms with E-state index in [-0.39, 0.29) is 37.2 Å². The molecule has 0 unspecified atom stereocenters. The van der Waals surface area contributed by atoms with Crippen molar-refractivity contribution >= 4 is 43.3 Å². The SMILES string of the molecule is CCCN=C=O.Cl.Cl.Cl. The van der Waals surface area contributed by atoms with Gasteiger partial charge in [-0.3, -0.25) is 0 Å². The van der Waals surface area contributed by atoms with E-state index < -0.39 is 0 Å². The molecule has 2 nitrogen and oxygen atoms in total. The molecule has 5 heteroatoms. The highest BCUT2D eigenvalue weighted by atomic mass is 35.5. The van der Waals surface area contributed by atoms with Crippen LogP contribution >= 0.6 is 37.2 Å². The molecule has 0 spiro atoms. The number of nitrogens with zero attached hydrogens (tertiary/aromatic N) is 1. The highest BCUT2D eigenvalue weighted by Crippen LogP contribution is 1.70. The molecule has 0 aromatic heterocycles. The molecular formula is C4H10Cl3NO. The van der Waals surface area contributed by atoms with E-state index in [2.05, 4.69) is 4.99 Å². The lowest BCUT2D eigenvalue weighted by atomic mass is 10.5. The van der Waals surface area contributed by atoms with Crippen LogP contribution in [0.25, 0.3) is 0 Å². The van der Waals surface area contributed by atoms with Crippen LogP contribution in [-0.4, -0.2) is 12.6 Å². The number of isocyanates is 1. The van der Waals surface area contributed by atoms with Crippen molar-refractivity contribution in [3.05, 3.63) is 0 Å².